The molecule has 0 amide bonds. The van der Waals surface area contributed by atoms with Gasteiger partial charge in [-0.2, -0.15) is 0 Å². The van der Waals surface area contributed by atoms with Crippen molar-refractivity contribution in [3.05, 3.63) is 35.9 Å². The summed E-state index contributed by atoms with van der Waals surface area (Å²) in [5.74, 6) is 0.717. The van der Waals surface area contributed by atoms with Crippen molar-refractivity contribution in [3.63, 3.8) is 0 Å². The predicted molar refractivity (Wildman–Crippen MR) is 74.9 cm³/mol. The van der Waals surface area contributed by atoms with Gasteiger partial charge in [-0.1, -0.05) is 63.4 Å². The van der Waals surface area contributed by atoms with Gasteiger partial charge in [0, 0.05) is 0 Å². The molecule has 0 heterocycles. The summed E-state index contributed by atoms with van der Waals surface area (Å²) in [6.07, 6.45) is 4.02. The van der Waals surface area contributed by atoms with Crippen LogP contribution < -0.4 is 0 Å². The molecule has 18 heavy (non-hydrogen) atoms. The van der Waals surface area contributed by atoms with Crippen molar-refractivity contribution in [1.82, 2.24) is 0 Å². The van der Waals surface area contributed by atoms with E-state index in [0.717, 1.165) is 24.8 Å². The predicted octanol–water partition coefficient (Wildman–Crippen LogP) is 4.17. The fourth-order valence-corrected chi connectivity index (χ4v) is 2.40. The average Bonchev–Trinajstić information content (AvgIpc) is 2.33. The van der Waals surface area contributed by atoms with Crippen molar-refractivity contribution in [2.75, 3.05) is 0 Å². The van der Waals surface area contributed by atoms with E-state index >= 15 is 0 Å². The minimum atomic E-state index is -2.30. The van der Waals surface area contributed by atoms with E-state index in [1.54, 1.807) is 0 Å². The SMILES string of the molecule is CC(C)CCCCC(OP(O)O)c1ccccc1. The van der Waals surface area contributed by atoms with Crippen LogP contribution in [0.25, 0.3) is 0 Å². The molecular formula is C14H23O3P. The molecule has 1 rings (SSSR count). The molecule has 0 bridgehead atoms. The molecule has 0 aliphatic heterocycles. The van der Waals surface area contributed by atoms with Crippen molar-refractivity contribution >= 4 is 8.60 Å². The van der Waals surface area contributed by atoms with Crippen LogP contribution in [0.1, 0.15) is 51.2 Å². The lowest BCUT2D eigenvalue weighted by Gasteiger charge is -2.18. The van der Waals surface area contributed by atoms with E-state index in [1.165, 1.54) is 6.42 Å². The van der Waals surface area contributed by atoms with Crippen LogP contribution in [0.3, 0.4) is 0 Å². The molecule has 3 nitrogen and oxygen atoms in total. The molecule has 2 N–H and O–H groups in total. The first-order chi connectivity index (χ1) is 8.59. The molecule has 1 aromatic rings. The third-order valence-electron chi connectivity index (χ3n) is 2.89. The second-order valence-electron chi connectivity index (χ2n) is 4.94. The molecule has 0 aliphatic carbocycles. The smallest absolute Gasteiger partial charge is 0.327 e. The van der Waals surface area contributed by atoms with E-state index in [0.29, 0.717) is 5.92 Å². The summed E-state index contributed by atoms with van der Waals surface area (Å²) < 4.78 is 5.22. The molecule has 102 valence electrons. The first kappa shape index (κ1) is 15.6. The maximum Gasteiger partial charge on any atom is 0.327 e. The Labute approximate surface area is 111 Å². The van der Waals surface area contributed by atoms with Gasteiger partial charge < -0.3 is 14.3 Å². The number of unbranched alkanes of at least 4 members (excludes halogenated alkanes) is 1. The van der Waals surface area contributed by atoms with Crippen LogP contribution in [0.2, 0.25) is 0 Å². The molecule has 0 spiro atoms. The molecule has 0 radical (unpaired) electrons. The van der Waals surface area contributed by atoms with Crippen LogP contribution in [0.15, 0.2) is 30.3 Å². The fraction of sp³-hybridized carbons (Fsp3) is 0.571. The molecule has 1 aromatic carbocycles. The van der Waals surface area contributed by atoms with Crippen molar-refractivity contribution in [3.8, 4) is 0 Å². The summed E-state index contributed by atoms with van der Waals surface area (Å²) in [6.45, 7) is 4.43. The van der Waals surface area contributed by atoms with Crippen LogP contribution in [0.4, 0.5) is 0 Å². The standard InChI is InChI=1S/C14H23O3P/c1-12(2)8-6-7-11-14(17-18(15)16)13-9-4-3-5-10-13/h3-5,9-10,12,14-16H,6-8,11H2,1-2H3. The summed E-state index contributed by atoms with van der Waals surface area (Å²) >= 11 is 0. The van der Waals surface area contributed by atoms with Gasteiger partial charge in [-0.15, -0.1) is 0 Å². The normalized spacial score (nSPS) is 13.2. The Morgan fingerprint density at radius 3 is 2.22 bits per heavy atom. The highest BCUT2D eigenvalue weighted by atomic mass is 31.2. The highest BCUT2D eigenvalue weighted by Crippen LogP contribution is 2.37. The van der Waals surface area contributed by atoms with Crippen LogP contribution in [-0.4, -0.2) is 9.79 Å². The van der Waals surface area contributed by atoms with E-state index in [-0.39, 0.29) is 6.10 Å². The van der Waals surface area contributed by atoms with E-state index in [9.17, 15) is 0 Å². The van der Waals surface area contributed by atoms with Gasteiger partial charge >= 0.3 is 8.60 Å². The van der Waals surface area contributed by atoms with Gasteiger partial charge in [0.25, 0.3) is 0 Å². The third-order valence-corrected chi connectivity index (χ3v) is 3.33. The maximum atomic E-state index is 9.03. The minimum absolute atomic E-state index is 0.209. The summed E-state index contributed by atoms with van der Waals surface area (Å²) in [4.78, 5) is 18.1. The first-order valence-corrected chi connectivity index (χ1v) is 7.65. The average molecular weight is 270 g/mol. The minimum Gasteiger partial charge on any atom is -0.328 e. The fourth-order valence-electron chi connectivity index (χ4n) is 1.94. The third kappa shape index (κ3) is 6.46. The van der Waals surface area contributed by atoms with Crippen LogP contribution >= 0.6 is 8.60 Å². The number of benzene rings is 1. The molecule has 0 fully saturated rings. The summed E-state index contributed by atoms with van der Waals surface area (Å²) in [5.41, 5.74) is 1.01. The van der Waals surface area contributed by atoms with Crippen LogP contribution in [0.5, 0.6) is 0 Å². The summed E-state index contributed by atoms with van der Waals surface area (Å²) in [7, 11) is -2.30. The highest BCUT2D eigenvalue weighted by Gasteiger charge is 2.15. The summed E-state index contributed by atoms with van der Waals surface area (Å²) in [5, 5.41) is 0. The topological polar surface area (TPSA) is 49.7 Å². The molecule has 0 aromatic heterocycles. The number of rotatable bonds is 8. The number of hydrogen-bond acceptors (Lipinski definition) is 3. The summed E-state index contributed by atoms with van der Waals surface area (Å²) in [6, 6.07) is 9.76. The van der Waals surface area contributed by atoms with Gasteiger partial charge in [0.2, 0.25) is 0 Å². The van der Waals surface area contributed by atoms with Gasteiger partial charge in [-0.25, -0.2) is 0 Å². The van der Waals surface area contributed by atoms with Crippen molar-refractivity contribution < 1.29 is 14.3 Å². The molecule has 4 heteroatoms. The lowest BCUT2D eigenvalue weighted by atomic mass is 10.0. The Hall–Kier alpha value is -0.470. The van der Waals surface area contributed by atoms with E-state index in [1.807, 2.05) is 30.3 Å². The van der Waals surface area contributed by atoms with Crippen molar-refractivity contribution in [2.45, 2.75) is 45.6 Å². The molecule has 0 saturated carbocycles. The Morgan fingerprint density at radius 2 is 1.67 bits per heavy atom. The van der Waals surface area contributed by atoms with Gasteiger partial charge in [-0.05, 0) is 17.9 Å². The molecular weight excluding hydrogens is 247 g/mol. The zero-order chi connectivity index (χ0) is 13.4. The van der Waals surface area contributed by atoms with Gasteiger partial charge in [-0.3, -0.25) is 0 Å². The van der Waals surface area contributed by atoms with Gasteiger partial charge in [0.1, 0.15) is 0 Å². The second-order valence-corrected chi connectivity index (χ2v) is 5.65. The maximum absolute atomic E-state index is 9.03. The molecule has 0 aliphatic rings. The lowest BCUT2D eigenvalue weighted by Crippen LogP contribution is -2.02. The van der Waals surface area contributed by atoms with E-state index in [4.69, 9.17) is 14.3 Å². The second kappa shape index (κ2) is 8.60. The number of hydrogen-bond donors (Lipinski definition) is 2. The Morgan fingerprint density at radius 1 is 1.06 bits per heavy atom. The Kier molecular flexibility index (Phi) is 7.45. The Balaban J connectivity index is 2.46. The highest BCUT2D eigenvalue weighted by molar-refractivity contribution is 7.39. The van der Waals surface area contributed by atoms with Gasteiger partial charge in [0.05, 0.1) is 6.10 Å². The molecule has 0 saturated heterocycles. The van der Waals surface area contributed by atoms with Crippen LogP contribution in [-0.2, 0) is 4.52 Å². The zero-order valence-corrected chi connectivity index (χ0v) is 12.0. The first-order valence-electron chi connectivity index (χ1n) is 6.49. The van der Waals surface area contributed by atoms with E-state index in [2.05, 4.69) is 13.8 Å². The van der Waals surface area contributed by atoms with Crippen LogP contribution in [0, 0.1) is 5.92 Å². The molecule has 1 unspecified atom stereocenters. The monoisotopic (exact) mass is 270 g/mol. The zero-order valence-electron chi connectivity index (χ0n) is 11.1. The van der Waals surface area contributed by atoms with Crippen molar-refractivity contribution in [1.29, 1.82) is 0 Å². The Bertz CT molecular complexity index is 314. The molecule has 1 atom stereocenters. The van der Waals surface area contributed by atoms with E-state index < -0.39 is 8.60 Å². The van der Waals surface area contributed by atoms with Crippen molar-refractivity contribution in [2.24, 2.45) is 5.92 Å². The van der Waals surface area contributed by atoms with Gasteiger partial charge in [0.15, 0.2) is 0 Å². The quantitative estimate of drug-likeness (QED) is 0.550. The lowest BCUT2D eigenvalue weighted by molar-refractivity contribution is 0.160. The largest absolute Gasteiger partial charge is 0.328 e.